The van der Waals surface area contributed by atoms with Gasteiger partial charge in [0.05, 0.1) is 6.10 Å². The Morgan fingerprint density at radius 3 is 2.65 bits per heavy atom. The quantitative estimate of drug-likeness (QED) is 0.845. The van der Waals surface area contributed by atoms with Crippen LogP contribution in [-0.4, -0.2) is 28.8 Å². The Balaban J connectivity index is 2.52. The monoisotopic (exact) mass is 239 g/mol. The normalized spacial score (nSPS) is 11.9. The molecule has 17 heavy (non-hydrogen) atoms. The summed E-state index contributed by atoms with van der Waals surface area (Å²) < 4.78 is 5.20. The third kappa shape index (κ3) is 4.56. The van der Waals surface area contributed by atoms with Gasteiger partial charge in [0, 0.05) is 17.2 Å². The number of H-pyrrole nitrogens is 1. The first-order valence-corrected chi connectivity index (χ1v) is 5.76. The van der Waals surface area contributed by atoms with Gasteiger partial charge in [0.25, 0.3) is 5.91 Å². The van der Waals surface area contributed by atoms with Gasteiger partial charge in [0.2, 0.25) is 0 Å². The van der Waals surface area contributed by atoms with E-state index in [0.29, 0.717) is 5.82 Å². The van der Waals surface area contributed by atoms with Crippen molar-refractivity contribution in [1.29, 1.82) is 0 Å². The zero-order chi connectivity index (χ0) is 13.1. The van der Waals surface area contributed by atoms with E-state index in [9.17, 15) is 4.79 Å². The number of carbonyl (C=O) groups excluding carboxylic acids is 1. The van der Waals surface area contributed by atoms with Crippen molar-refractivity contribution in [2.45, 2.75) is 46.1 Å². The summed E-state index contributed by atoms with van der Waals surface area (Å²) in [6, 6.07) is 1.84. The summed E-state index contributed by atoms with van der Waals surface area (Å²) in [7, 11) is 0. The van der Waals surface area contributed by atoms with Crippen LogP contribution < -0.4 is 5.32 Å². The summed E-state index contributed by atoms with van der Waals surface area (Å²) in [5.74, 6) is 0.345. The fourth-order valence-corrected chi connectivity index (χ4v) is 1.19. The highest BCUT2D eigenvalue weighted by Crippen LogP contribution is 2.21. The molecule has 5 heteroatoms. The van der Waals surface area contributed by atoms with Gasteiger partial charge in [-0.3, -0.25) is 9.89 Å². The van der Waals surface area contributed by atoms with Crippen molar-refractivity contribution in [2.75, 3.05) is 11.9 Å². The maximum atomic E-state index is 11.5. The predicted molar refractivity (Wildman–Crippen MR) is 67.0 cm³/mol. The Hall–Kier alpha value is -1.36. The summed E-state index contributed by atoms with van der Waals surface area (Å²) in [5, 5.41) is 9.63. The van der Waals surface area contributed by atoms with Gasteiger partial charge in [-0.1, -0.05) is 20.8 Å². The molecule has 0 saturated carbocycles. The van der Waals surface area contributed by atoms with E-state index in [1.54, 1.807) is 0 Å². The van der Waals surface area contributed by atoms with Crippen molar-refractivity contribution >= 4 is 11.7 Å². The molecule has 0 atom stereocenters. The number of anilines is 1. The number of hydrogen-bond acceptors (Lipinski definition) is 3. The van der Waals surface area contributed by atoms with Crippen molar-refractivity contribution in [3.63, 3.8) is 0 Å². The van der Waals surface area contributed by atoms with Gasteiger partial charge in [-0.2, -0.15) is 5.10 Å². The minimum atomic E-state index is -0.189. The van der Waals surface area contributed by atoms with E-state index in [1.165, 1.54) is 0 Å². The maximum absolute atomic E-state index is 11.5. The van der Waals surface area contributed by atoms with Gasteiger partial charge in [0.15, 0.2) is 5.82 Å². The SMILES string of the molecule is CC(C)OCC(=O)Nc1cc(C(C)(C)C)[nH]n1. The molecular formula is C12H21N3O2. The van der Waals surface area contributed by atoms with Crippen LogP contribution in [0.3, 0.4) is 0 Å². The van der Waals surface area contributed by atoms with Crippen molar-refractivity contribution in [3.05, 3.63) is 11.8 Å². The molecule has 1 amide bonds. The van der Waals surface area contributed by atoms with Crippen LogP contribution in [0.1, 0.15) is 40.3 Å². The number of carbonyl (C=O) groups is 1. The lowest BCUT2D eigenvalue weighted by molar-refractivity contribution is -0.121. The van der Waals surface area contributed by atoms with Crippen LogP contribution in [0.4, 0.5) is 5.82 Å². The van der Waals surface area contributed by atoms with Crippen LogP contribution in [0, 0.1) is 0 Å². The second kappa shape index (κ2) is 5.31. The molecule has 0 saturated heterocycles. The molecule has 1 rings (SSSR count). The third-order valence-corrected chi connectivity index (χ3v) is 2.20. The Morgan fingerprint density at radius 2 is 2.18 bits per heavy atom. The number of hydrogen-bond donors (Lipinski definition) is 2. The number of nitrogens with one attached hydrogen (secondary N) is 2. The van der Waals surface area contributed by atoms with Crippen LogP contribution in [0.2, 0.25) is 0 Å². The molecule has 0 spiro atoms. The van der Waals surface area contributed by atoms with Gasteiger partial charge in [-0.05, 0) is 13.8 Å². The van der Waals surface area contributed by atoms with Crippen LogP contribution in [0.15, 0.2) is 6.07 Å². The summed E-state index contributed by atoms with van der Waals surface area (Å²) in [4.78, 5) is 11.5. The highest BCUT2D eigenvalue weighted by molar-refractivity contribution is 5.90. The number of rotatable bonds is 4. The minimum absolute atomic E-state index is 0.00951. The molecule has 0 bridgehead atoms. The molecule has 1 heterocycles. The molecular weight excluding hydrogens is 218 g/mol. The molecule has 0 aliphatic rings. The zero-order valence-corrected chi connectivity index (χ0v) is 11.1. The summed E-state index contributed by atoms with van der Waals surface area (Å²) in [6.45, 7) is 10.1. The second-order valence-electron chi connectivity index (χ2n) is 5.32. The van der Waals surface area contributed by atoms with Gasteiger partial charge < -0.3 is 10.1 Å². The van der Waals surface area contributed by atoms with Crippen LogP contribution in [-0.2, 0) is 14.9 Å². The molecule has 5 nitrogen and oxygen atoms in total. The topological polar surface area (TPSA) is 67.0 Å². The van der Waals surface area contributed by atoms with E-state index in [-0.39, 0.29) is 24.0 Å². The van der Waals surface area contributed by atoms with Gasteiger partial charge in [-0.25, -0.2) is 0 Å². The van der Waals surface area contributed by atoms with E-state index in [2.05, 4.69) is 36.3 Å². The highest BCUT2D eigenvalue weighted by atomic mass is 16.5. The molecule has 0 unspecified atom stereocenters. The first-order valence-electron chi connectivity index (χ1n) is 5.76. The van der Waals surface area contributed by atoms with Gasteiger partial charge >= 0.3 is 0 Å². The first kappa shape index (κ1) is 13.7. The molecule has 0 radical (unpaired) electrons. The van der Waals surface area contributed by atoms with Crippen molar-refractivity contribution in [3.8, 4) is 0 Å². The highest BCUT2D eigenvalue weighted by Gasteiger charge is 2.17. The van der Waals surface area contributed by atoms with E-state index in [1.807, 2.05) is 19.9 Å². The fraction of sp³-hybridized carbons (Fsp3) is 0.667. The number of aromatic amines is 1. The molecule has 0 aromatic carbocycles. The number of amides is 1. The summed E-state index contributed by atoms with van der Waals surface area (Å²) >= 11 is 0. The maximum Gasteiger partial charge on any atom is 0.251 e. The molecule has 96 valence electrons. The lowest BCUT2D eigenvalue weighted by atomic mass is 9.92. The lowest BCUT2D eigenvalue weighted by Crippen LogP contribution is -2.20. The third-order valence-electron chi connectivity index (χ3n) is 2.20. The van der Waals surface area contributed by atoms with Crippen molar-refractivity contribution in [1.82, 2.24) is 10.2 Å². The summed E-state index contributed by atoms with van der Waals surface area (Å²) in [5.41, 5.74) is 0.974. The number of nitrogens with zero attached hydrogens (tertiary/aromatic N) is 1. The minimum Gasteiger partial charge on any atom is -0.369 e. The smallest absolute Gasteiger partial charge is 0.251 e. The first-order chi connectivity index (χ1) is 7.79. The standard InChI is InChI=1S/C12H21N3O2/c1-8(2)17-7-11(16)13-10-6-9(14-15-10)12(3,4)5/h6,8H,7H2,1-5H3,(H2,13,14,15,16). The van der Waals surface area contributed by atoms with Crippen LogP contribution in [0.5, 0.6) is 0 Å². The fourth-order valence-electron chi connectivity index (χ4n) is 1.19. The van der Waals surface area contributed by atoms with E-state index < -0.39 is 0 Å². The second-order valence-corrected chi connectivity index (χ2v) is 5.32. The lowest BCUT2D eigenvalue weighted by Gasteiger charge is -2.14. The molecule has 1 aromatic heterocycles. The molecule has 0 fully saturated rings. The average Bonchev–Trinajstić information content (AvgIpc) is 2.62. The molecule has 2 N–H and O–H groups in total. The van der Waals surface area contributed by atoms with Crippen LogP contribution >= 0.6 is 0 Å². The van der Waals surface area contributed by atoms with Crippen molar-refractivity contribution in [2.24, 2.45) is 0 Å². The number of ether oxygens (including phenoxy) is 1. The van der Waals surface area contributed by atoms with E-state index in [0.717, 1.165) is 5.69 Å². The Kier molecular flexibility index (Phi) is 4.28. The predicted octanol–water partition coefficient (Wildman–Crippen LogP) is 2.07. The summed E-state index contributed by atoms with van der Waals surface area (Å²) in [6.07, 6.45) is 0.0464. The Morgan fingerprint density at radius 1 is 1.53 bits per heavy atom. The van der Waals surface area contributed by atoms with Gasteiger partial charge in [0.1, 0.15) is 6.61 Å². The van der Waals surface area contributed by atoms with Crippen LogP contribution in [0.25, 0.3) is 0 Å². The molecule has 0 aliphatic heterocycles. The van der Waals surface area contributed by atoms with E-state index >= 15 is 0 Å². The molecule has 1 aromatic rings. The number of aromatic nitrogens is 2. The largest absolute Gasteiger partial charge is 0.369 e. The Bertz CT molecular complexity index is 377. The zero-order valence-electron chi connectivity index (χ0n) is 11.1. The average molecular weight is 239 g/mol. The van der Waals surface area contributed by atoms with Crippen molar-refractivity contribution < 1.29 is 9.53 Å². The molecule has 0 aliphatic carbocycles. The Labute approximate surface area is 102 Å². The van der Waals surface area contributed by atoms with E-state index in [4.69, 9.17) is 4.74 Å². The van der Waals surface area contributed by atoms with Gasteiger partial charge in [-0.15, -0.1) is 0 Å².